The molecule has 29 heavy (non-hydrogen) atoms. The van der Waals surface area contributed by atoms with E-state index in [-0.39, 0.29) is 11.8 Å². The van der Waals surface area contributed by atoms with Crippen molar-refractivity contribution in [1.82, 2.24) is 14.7 Å². The summed E-state index contributed by atoms with van der Waals surface area (Å²) in [5.74, 6) is 0.833. The van der Waals surface area contributed by atoms with Crippen LogP contribution in [0.1, 0.15) is 41.9 Å². The average molecular weight is 419 g/mol. The number of benzene rings is 1. The summed E-state index contributed by atoms with van der Waals surface area (Å²) in [4.78, 5) is 27.0. The molecule has 1 N–H and O–H groups in total. The van der Waals surface area contributed by atoms with Crippen molar-refractivity contribution in [2.24, 2.45) is 13.0 Å². The van der Waals surface area contributed by atoms with Crippen molar-refractivity contribution in [2.45, 2.75) is 32.6 Å². The van der Waals surface area contributed by atoms with Crippen molar-refractivity contribution in [2.75, 3.05) is 25.5 Å². The summed E-state index contributed by atoms with van der Waals surface area (Å²) in [7, 11) is 3.34. The van der Waals surface area contributed by atoms with Crippen molar-refractivity contribution in [1.29, 1.82) is 0 Å². The van der Waals surface area contributed by atoms with Crippen molar-refractivity contribution in [3.63, 3.8) is 0 Å². The van der Waals surface area contributed by atoms with Crippen molar-refractivity contribution in [3.05, 3.63) is 40.7 Å². The van der Waals surface area contributed by atoms with E-state index in [2.05, 4.69) is 10.4 Å². The number of ether oxygens (including phenoxy) is 1. The van der Waals surface area contributed by atoms with Crippen LogP contribution in [-0.4, -0.2) is 46.7 Å². The van der Waals surface area contributed by atoms with Crippen LogP contribution in [0.4, 0.5) is 5.69 Å². The predicted octanol–water partition coefficient (Wildman–Crippen LogP) is 3.66. The summed E-state index contributed by atoms with van der Waals surface area (Å²) in [6, 6.07) is 6.98. The summed E-state index contributed by atoms with van der Waals surface area (Å²) in [6.45, 7) is 3.30. The van der Waals surface area contributed by atoms with E-state index < -0.39 is 0 Å². The fourth-order valence-electron chi connectivity index (χ4n) is 3.76. The first-order valence-corrected chi connectivity index (χ1v) is 10.2. The molecule has 1 aromatic heterocycles. The number of hydrogen-bond acceptors (Lipinski definition) is 4. The number of halogens is 1. The standard InChI is InChI=1S/C21H27ClN4O3/c1-14-11-18(25(2)24-14)21(28)26-10-4-5-15(13-26)6-9-20(27)23-16-7-8-19(29-3)17(22)12-16/h7-8,11-12,15H,4-6,9-10,13H2,1-3H3,(H,23,27). The number of likely N-dealkylation sites (tertiary alicyclic amines) is 1. The highest BCUT2D eigenvalue weighted by molar-refractivity contribution is 6.32. The molecule has 0 radical (unpaired) electrons. The van der Waals surface area contributed by atoms with E-state index in [4.69, 9.17) is 16.3 Å². The molecule has 1 fully saturated rings. The van der Waals surface area contributed by atoms with Crippen LogP contribution >= 0.6 is 11.6 Å². The highest BCUT2D eigenvalue weighted by Gasteiger charge is 2.26. The van der Waals surface area contributed by atoms with Gasteiger partial charge >= 0.3 is 0 Å². The molecule has 1 atom stereocenters. The first-order chi connectivity index (χ1) is 13.9. The quantitative estimate of drug-likeness (QED) is 0.776. The average Bonchev–Trinajstić information content (AvgIpc) is 3.04. The molecular formula is C21H27ClN4O3. The van der Waals surface area contributed by atoms with Crippen LogP contribution in [0.3, 0.4) is 0 Å². The second-order valence-corrected chi connectivity index (χ2v) is 7.90. The van der Waals surface area contributed by atoms with Gasteiger partial charge in [0.15, 0.2) is 0 Å². The van der Waals surface area contributed by atoms with Crippen LogP contribution in [0.25, 0.3) is 0 Å². The summed E-state index contributed by atoms with van der Waals surface area (Å²) < 4.78 is 6.75. The lowest BCUT2D eigenvalue weighted by Gasteiger charge is -2.32. The smallest absolute Gasteiger partial charge is 0.272 e. The molecule has 1 aliphatic heterocycles. The number of piperidine rings is 1. The number of aromatic nitrogens is 2. The van der Waals surface area contributed by atoms with Gasteiger partial charge in [-0.05, 0) is 56.4 Å². The van der Waals surface area contributed by atoms with Gasteiger partial charge in [-0.15, -0.1) is 0 Å². The zero-order valence-electron chi connectivity index (χ0n) is 17.1. The number of carbonyl (C=O) groups excluding carboxylic acids is 2. The van der Waals surface area contributed by atoms with Gasteiger partial charge in [-0.3, -0.25) is 14.3 Å². The minimum Gasteiger partial charge on any atom is -0.495 e. The lowest BCUT2D eigenvalue weighted by molar-refractivity contribution is -0.116. The number of anilines is 1. The number of rotatable bonds is 6. The van der Waals surface area contributed by atoms with Crippen LogP contribution in [-0.2, 0) is 11.8 Å². The summed E-state index contributed by atoms with van der Waals surface area (Å²) in [6.07, 6.45) is 3.11. The Kier molecular flexibility index (Phi) is 6.79. The Hall–Kier alpha value is -2.54. The number of aryl methyl sites for hydroxylation is 2. The SMILES string of the molecule is COc1ccc(NC(=O)CCC2CCCN(C(=O)c3cc(C)nn3C)C2)cc1Cl. The number of carbonyl (C=O) groups is 2. The molecule has 8 heteroatoms. The monoisotopic (exact) mass is 418 g/mol. The third-order valence-electron chi connectivity index (χ3n) is 5.24. The van der Waals surface area contributed by atoms with E-state index in [0.29, 0.717) is 41.0 Å². The van der Waals surface area contributed by atoms with Gasteiger partial charge in [0.1, 0.15) is 11.4 Å². The molecule has 2 heterocycles. The van der Waals surface area contributed by atoms with E-state index >= 15 is 0 Å². The zero-order valence-corrected chi connectivity index (χ0v) is 17.8. The Bertz CT molecular complexity index is 896. The fraction of sp³-hybridized carbons (Fsp3) is 0.476. The van der Waals surface area contributed by atoms with E-state index in [1.54, 1.807) is 37.0 Å². The van der Waals surface area contributed by atoms with E-state index in [1.165, 1.54) is 0 Å². The second kappa shape index (κ2) is 9.31. The van der Waals surface area contributed by atoms with Crippen LogP contribution in [0.15, 0.2) is 24.3 Å². The summed E-state index contributed by atoms with van der Waals surface area (Å²) >= 11 is 6.10. The molecular weight excluding hydrogens is 392 g/mol. The predicted molar refractivity (Wildman–Crippen MR) is 112 cm³/mol. The minimum absolute atomic E-state index is 0.00938. The molecule has 0 saturated carbocycles. The lowest BCUT2D eigenvalue weighted by Crippen LogP contribution is -2.40. The lowest BCUT2D eigenvalue weighted by atomic mass is 9.93. The molecule has 7 nitrogen and oxygen atoms in total. The Morgan fingerprint density at radius 3 is 2.79 bits per heavy atom. The van der Waals surface area contributed by atoms with Gasteiger partial charge in [0.05, 0.1) is 17.8 Å². The maximum atomic E-state index is 12.8. The third kappa shape index (κ3) is 5.29. The minimum atomic E-state index is -0.0584. The number of nitrogens with zero attached hydrogens (tertiary/aromatic N) is 3. The van der Waals surface area contributed by atoms with Crippen LogP contribution in [0.5, 0.6) is 5.75 Å². The highest BCUT2D eigenvalue weighted by atomic mass is 35.5. The third-order valence-corrected chi connectivity index (χ3v) is 5.54. The van der Waals surface area contributed by atoms with Gasteiger partial charge in [-0.25, -0.2) is 0 Å². The maximum absolute atomic E-state index is 12.8. The number of amides is 2. The van der Waals surface area contributed by atoms with Gasteiger partial charge in [0.25, 0.3) is 5.91 Å². The van der Waals surface area contributed by atoms with Crippen LogP contribution < -0.4 is 10.1 Å². The normalized spacial score (nSPS) is 16.6. The molecule has 1 aliphatic rings. The Morgan fingerprint density at radius 1 is 1.34 bits per heavy atom. The molecule has 2 amide bonds. The van der Waals surface area contributed by atoms with Gasteiger partial charge < -0.3 is 15.0 Å². The zero-order chi connectivity index (χ0) is 21.0. The van der Waals surface area contributed by atoms with Crippen molar-refractivity contribution in [3.8, 4) is 5.75 Å². The van der Waals surface area contributed by atoms with Gasteiger partial charge in [0.2, 0.25) is 5.91 Å². The molecule has 0 spiro atoms. The van der Waals surface area contributed by atoms with Crippen LogP contribution in [0.2, 0.25) is 5.02 Å². The Balaban J connectivity index is 1.51. The Labute approximate surface area is 176 Å². The van der Waals surface area contributed by atoms with Crippen molar-refractivity contribution < 1.29 is 14.3 Å². The summed E-state index contributed by atoms with van der Waals surface area (Å²) in [5, 5.41) is 7.59. The number of methoxy groups -OCH3 is 1. The molecule has 1 unspecified atom stereocenters. The number of nitrogens with one attached hydrogen (secondary N) is 1. The van der Waals surface area contributed by atoms with Gasteiger partial charge in [-0.2, -0.15) is 5.10 Å². The topological polar surface area (TPSA) is 76.5 Å². The van der Waals surface area contributed by atoms with E-state index in [0.717, 1.165) is 31.5 Å². The molecule has 2 aromatic rings. The highest BCUT2D eigenvalue weighted by Crippen LogP contribution is 2.28. The second-order valence-electron chi connectivity index (χ2n) is 7.49. The molecule has 3 rings (SSSR count). The van der Waals surface area contributed by atoms with E-state index in [1.807, 2.05) is 17.9 Å². The molecule has 0 aliphatic carbocycles. The van der Waals surface area contributed by atoms with Gasteiger partial charge in [-0.1, -0.05) is 11.6 Å². The molecule has 156 valence electrons. The van der Waals surface area contributed by atoms with Crippen LogP contribution in [0, 0.1) is 12.8 Å². The molecule has 0 bridgehead atoms. The fourth-order valence-corrected chi connectivity index (χ4v) is 4.02. The first-order valence-electron chi connectivity index (χ1n) is 9.80. The molecule has 1 saturated heterocycles. The maximum Gasteiger partial charge on any atom is 0.272 e. The number of hydrogen-bond donors (Lipinski definition) is 1. The molecule has 1 aromatic carbocycles. The van der Waals surface area contributed by atoms with Gasteiger partial charge in [0, 0.05) is 32.2 Å². The first kappa shape index (κ1) is 21.2. The van der Waals surface area contributed by atoms with E-state index in [9.17, 15) is 9.59 Å². The summed E-state index contributed by atoms with van der Waals surface area (Å²) in [5.41, 5.74) is 2.09. The largest absolute Gasteiger partial charge is 0.495 e. The van der Waals surface area contributed by atoms with Crippen molar-refractivity contribution >= 4 is 29.1 Å². The Morgan fingerprint density at radius 2 is 2.14 bits per heavy atom.